The van der Waals surface area contributed by atoms with Gasteiger partial charge in [-0.15, -0.1) is 0 Å². The predicted molar refractivity (Wildman–Crippen MR) is 98.6 cm³/mol. The monoisotopic (exact) mass is 402 g/mol. The van der Waals surface area contributed by atoms with E-state index in [-0.39, 0.29) is 5.75 Å². The summed E-state index contributed by atoms with van der Waals surface area (Å²) >= 11 is 3.34. The average molecular weight is 403 g/mol. The maximum Gasteiger partial charge on any atom is 0.179 e. The number of nitrogens with zero attached hydrogens (tertiary/aromatic N) is 2. The molecule has 23 heavy (non-hydrogen) atoms. The van der Waals surface area contributed by atoms with E-state index in [0.29, 0.717) is 17.5 Å². The molecule has 0 aliphatic carbocycles. The van der Waals surface area contributed by atoms with Gasteiger partial charge in [0.15, 0.2) is 9.84 Å². The van der Waals surface area contributed by atoms with Gasteiger partial charge in [0.2, 0.25) is 0 Å². The fourth-order valence-electron chi connectivity index (χ4n) is 3.26. The molecule has 1 saturated heterocycles. The van der Waals surface area contributed by atoms with Crippen LogP contribution in [0.2, 0.25) is 0 Å². The molecular weight excluding hydrogens is 376 g/mol. The number of sulfone groups is 1. The number of likely N-dealkylation sites (tertiary alicyclic amines) is 1. The zero-order chi connectivity index (χ0) is 16.9. The third-order valence-electron chi connectivity index (χ3n) is 4.73. The molecule has 0 saturated carbocycles. The Hall–Kier alpha value is -0.430. The van der Waals surface area contributed by atoms with Crippen molar-refractivity contribution in [2.75, 3.05) is 38.5 Å². The SMILES string of the molecule is CCN(CC)C1CCN(CCS(=O)(=O)c2ccc(Br)cc2)CC1. The first kappa shape index (κ1) is 18.9. The quantitative estimate of drug-likeness (QED) is 0.702. The molecule has 0 aromatic heterocycles. The Labute approximate surface area is 148 Å². The van der Waals surface area contributed by atoms with Crippen molar-refractivity contribution in [1.82, 2.24) is 9.80 Å². The van der Waals surface area contributed by atoms with E-state index >= 15 is 0 Å². The maximum absolute atomic E-state index is 12.4. The lowest BCUT2D eigenvalue weighted by molar-refractivity contribution is 0.120. The molecule has 0 spiro atoms. The second-order valence-electron chi connectivity index (χ2n) is 6.07. The summed E-state index contributed by atoms with van der Waals surface area (Å²) in [6.45, 7) is 9.23. The van der Waals surface area contributed by atoms with Gasteiger partial charge in [-0.25, -0.2) is 8.42 Å². The molecule has 6 heteroatoms. The lowest BCUT2D eigenvalue weighted by atomic mass is 10.0. The first-order valence-corrected chi connectivity index (χ1v) is 10.9. The molecule has 1 heterocycles. The molecule has 0 radical (unpaired) electrons. The maximum atomic E-state index is 12.4. The van der Waals surface area contributed by atoms with E-state index in [1.54, 1.807) is 24.3 Å². The van der Waals surface area contributed by atoms with Gasteiger partial charge in [0.1, 0.15) is 0 Å². The van der Waals surface area contributed by atoms with Crippen LogP contribution in [0.3, 0.4) is 0 Å². The van der Waals surface area contributed by atoms with Crippen molar-refractivity contribution in [3.8, 4) is 0 Å². The molecular formula is C17H27BrN2O2S. The molecule has 1 aromatic carbocycles. The van der Waals surface area contributed by atoms with E-state index in [1.165, 1.54) is 0 Å². The summed E-state index contributed by atoms with van der Waals surface area (Å²) in [5.74, 6) is 0.199. The Balaban J connectivity index is 1.84. The standard InChI is InChI=1S/C17H27BrN2O2S/c1-3-20(4-2)16-9-11-19(12-10-16)13-14-23(21,22)17-7-5-15(18)6-8-17/h5-8,16H,3-4,9-14H2,1-2H3. The van der Waals surface area contributed by atoms with Crippen molar-refractivity contribution in [2.24, 2.45) is 0 Å². The average Bonchev–Trinajstić information content (AvgIpc) is 2.56. The summed E-state index contributed by atoms with van der Waals surface area (Å²) in [6.07, 6.45) is 2.28. The highest BCUT2D eigenvalue weighted by atomic mass is 79.9. The molecule has 130 valence electrons. The molecule has 0 amide bonds. The van der Waals surface area contributed by atoms with Crippen LogP contribution < -0.4 is 0 Å². The van der Waals surface area contributed by atoms with Crippen LogP contribution in [0.1, 0.15) is 26.7 Å². The first-order valence-electron chi connectivity index (χ1n) is 8.41. The van der Waals surface area contributed by atoms with Crippen LogP contribution in [-0.4, -0.2) is 62.7 Å². The molecule has 1 aromatic rings. The van der Waals surface area contributed by atoms with Gasteiger partial charge in [-0.1, -0.05) is 29.8 Å². The first-order chi connectivity index (χ1) is 11.0. The Morgan fingerprint density at radius 3 is 2.22 bits per heavy atom. The van der Waals surface area contributed by atoms with E-state index in [2.05, 4.69) is 39.6 Å². The second kappa shape index (κ2) is 8.60. The molecule has 2 rings (SSSR count). The summed E-state index contributed by atoms with van der Waals surface area (Å²) in [6, 6.07) is 7.56. The number of halogens is 1. The lowest BCUT2D eigenvalue weighted by Gasteiger charge is -2.37. The smallest absolute Gasteiger partial charge is 0.179 e. The molecule has 0 unspecified atom stereocenters. The minimum absolute atomic E-state index is 0.199. The molecule has 0 atom stereocenters. The lowest BCUT2D eigenvalue weighted by Crippen LogP contribution is -2.45. The Bertz CT molecular complexity index is 577. The second-order valence-corrected chi connectivity index (χ2v) is 9.09. The van der Waals surface area contributed by atoms with Crippen LogP contribution in [0.5, 0.6) is 0 Å². The van der Waals surface area contributed by atoms with Crippen LogP contribution in [0.4, 0.5) is 0 Å². The minimum Gasteiger partial charge on any atom is -0.302 e. The summed E-state index contributed by atoms with van der Waals surface area (Å²) < 4.78 is 25.7. The molecule has 0 N–H and O–H groups in total. The molecule has 0 bridgehead atoms. The van der Waals surface area contributed by atoms with Crippen molar-refractivity contribution in [2.45, 2.75) is 37.6 Å². The minimum atomic E-state index is -3.19. The van der Waals surface area contributed by atoms with E-state index in [4.69, 9.17) is 0 Å². The van der Waals surface area contributed by atoms with E-state index in [9.17, 15) is 8.42 Å². The van der Waals surface area contributed by atoms with Gasteiger partial charge in [0.05, 0.1) is 10.6 Å². The summed E-state index contributed by atoms with van der Waals surface area (Å²) in [5.41, 5.74) is 0. The fraction of sp³-hybridized carbons (Fsp3) is 0.647. The van der Waals surface area contributed by atoms with Gasteiger partial charge in [-0.3, -0.25) is 0 Å². The Morgan fingerprint density at radius 1 is 1.13 bits per heavy atom. The van der Waals surface area contributed by atoms with Gasteiger partial charge >= 0.3 is 0 Å². The van der Waals surface area contributed by atoms with E-state index in [0.717, 1.165) is 43.5 Å². The van der Waals surface area contributed by atoms with E-state index in [1.807, 2.05) is 0 Å². The number of hydrogen-bond acceptors (Lipinski definition) is 4. The summed E-state index contributed by atoms with van der Waals surface area (Å²) in [5, 5.41) is 0. The Morgan fingerprint density at radius 2 is 1.70 bits per heavy atom. The van der Waals surface area contributed by atoms with Crippen molar-refractivity contribution < 1.29 is 8.42 Å². The van der Waals surface area contributed by atoms with Crippen LogP contribution in [0, 0.1) is 0 Å². The molecule has 1 aliphatic rings. The van der Waals surface area contributed by atoms with Crippen LogP contribution in [0.15, 0.2) is 33.6 Å². The van der Waals surface area contributed by atoms with Gasteiger partial charge in [-0.2, -0.15) is 0 Å². The van der Waals surface area contributed by atoms with Gasteiger partial charge < -0.3 is 9.80 Å². The number of benzene rings is 1. The third-order valence-corrected chi connectivity index (χ3v) is 6.97. The molecule has 1 aliphatic heterocycles. The normalized spacial score (nSPS) is 17.7. The highest BCUT2D eigenvalue weighted by Gasteiger charge is 2.24. The number of rotatable bonds is 7. The Kier molecular flexibility index (Phi) is 7.07. The summed E-state index contributed by atoms with van der Waals surface area (Å²) in [7, 11) is -3.19. The van der Waals surface area contributed by atoms with Crippen molar-refractivity contribution in [1.29, 1.82) is 0 Å². The van der Waals surface area contributed by atoms with Crippen molar-refractivity contribution >= 4 is 25.8 Å². The number of hydrogen-bond donors (Lipinski definition) is 0. The van der Waals surface area contributed by atoms with Crippen LogP contribution in [-0.2, 0) is 9.84 Å². The van der Waals surface area contributed by atoms with Crippen molar-refractivity contribution in [3.63, 3.8) is 0 Å². The van der Waals surface area contributed by atoms with Crippen molar-refractivity contribution in [3.05, 3.63) is 28.7 Å². The van der Waals surface area contributed by atoms with Gasteiger partial charge in [0, 0.05) is 17.1 Å². The highest BCUT2D eigenvalue weighted by Crippen LogP contribution is 2.18. The van der Waals surface area contributed by atoms with Gasteiger partial charge in [-0.05, 0) is 63.3 Å². The topological polar surface area (TPSA) is 40.6 Å². The summed E-state index contributed by atoms with van der Waals surface area (Å²) in [4.78, 5) is 5.21. The molecule has 4 nitrogen and oxygen atoms in total. The van der Waals surface area contributed by atoms with Crippen LogP contribution >= 0.6 is 15.9 Å². The predicted octanol–water partition coefficient (Wildman–Crippen LogP) is 3.03. The molecule has 1 fully saturated rings. The third kappa shape index (κ3) is 5.28. The van der Waals surface area contributed by atoms with Gasteiger partial charge in [0.25, 0.3) is 0 Å². The van der Waals surface area contributed by atoms with Crippen LogP contribution in [0.25, 0.3) is 0 Å². The van der Waals surface area contributed by atoms with E-state index < -0.39 is 9.84 Å². The largest absolute Gasteiger partial charge is 0.302 e. The number of piperidine rings is 1. The highest BCUT2D eigenvalue weighted by molar-refractivity contribution is 9.10. The zero-order valence-electron chi connectivity index (χ0n) is 14.0. The zero-order valence-corrected chi connectivity index (χ0v) is 16.4. The fourth-order valence-corrected chi connectivity index (χ4v) is 4.81.